The van der Waals surface area contributed by atoms with Crippen molar-refractivity contribution in [3.63, 3.8) is 0 Å². The number of rotatable bonds is 5. The van der Waals surface area contributed by atoms with E-state index < -0.39 is 0 Å². The van der Waals surface area contributed by atoms with E-state index in [2.05, 4.69) is 17.0 Å². The first-order chi connectivity index (χ1) is 13.2. The maximum Gasteiger partial charge on any atom is 0.260 e. The Bertz CT molecular complexity index is 780. The third-order valence-corrected chi connectivity index (χ3v) is 6.30. The summed E-state index contributed by atoms with van der Waals surface area (Å²) < 4.78 is 5.95. The molecule has 4 heteroatoms. The molecule has 0 aromatic heterocycles. The topological polar surface area (TPSA) is 32.8 Å². The van der Waals surface area contributed by atoms with Crippen LogP contribution in [-0.4, -0.2) is 54.5 Å². The van der Waals surface area contributed by atoms with E-state index in [1.165, 1.54) is 45.2 Å². The number of ether oxygens (including phenoxy) is 1. The number of amides is 1. The fourth-order valence-electron chi connectivity index (χ4n) is 4.79. The fourth-order valence-corrected chi connectivity index (χ4v) is 4.79. The first kappa shape index (κ1) is 18.3. The Morgan fingerprint density at radius 3 is 2.63 bits per heavy atom. The van der Waals surface area contributed by atoms with Gasteiger partial charge >= 0.3 is 0 Å². The van der Waals surface area contributed by atoms with Crippen molar-refractivity contribution in [2.75, 3.05) is 26.7 Å². The van der Waals surface area contributed by atoms with Crippen LogP contribution in [0.3, 0.4) is 0 Å². The zero-order valence-corrected chi connectivity index (χ0v) is 16.3. The Labute approximate surface area is 162 Å². The summed E-state index contributed by atoms with van der Waals surface area (Å²) in [5.74, 6) is 0.869. The highest BCUT2D eigenvalue weighted by Gasteiger charge is 2.35. The van der Waals surface area contributed by atoms with Crippen LogP contribution < -0.4 is 4.74 Å². The van der Waals surface area contributed by atoms with Gasteiger partial charge in [-0.25, -0.2) is 0 Å². The Morgan fingerprint density at radius 1 is 1.04 bits per heavy atom. The van der Waals surface area contributed by atoms with Crippen molar-refractivity contribution in [3.05, 3.63) is 42.5 Å². The molecule has 4 rings (SSSR count). The van der Waals surface area contributed by atoms with Gasteiger partial charge in [-0.2, -0.15) is 0 Å². The third-order valence-electron chi connectivity index (χ3n) is 6.30. The summed E-state index contributed by atoms with van der Waals surface area (Å²) in [6.07, 6.45) is 7.42. The third kappa shape index (κ3) is 3.96. The van der Waals surface area contributed by atoms with Crippen LogP contribution in [0.5, 0.6) is 5.75 Å². The van der Waals surface area contributed by atoms with Gasteiger partial charge in [-0.3, -0.25) is 9.69 Å². The molecule has 0 N–H and O–H groups in total. The first-order valence-electron chi connectivity index (χ1n) is 10.3. The highest BCUT2D eigenvalue weighted by Crippen LogP contribution is 2.29. The van der Waals surface area contributed by atoms with E-state index in [1.54, 1.807) is 0 Å². The van der Waals surface area contributed by atoms with Crippen LogP contribution in [0.15, 0.2) is 42.5 Å². The van der Waals surface area contributed by atoms with Crippen molar-refractivity contribution in [3.8, 4) is 5.75 Å². The second kappa shape index (κ2) is 8.30. The van der Waals surface area contributed by atoms with E-state index in [0.29, 0.717) is 12.1 Å². The second-order valence-electron chi connectivity index (χ2n) is 7.93. The maximum absolute atomic E-state index is 12.9. The van der Waals surface area contributed by atoms with Gasteiger partial charge in [0.1, 0.15) is 5.75 Å². The number of benzene rings is 2. The molecule has 4 nitrogen and oxygen atoms in total. The molecule has 2 aromatic carbocycles. The summed E-state index contributed by atoms with van der Waals surface area (Å²) in [5.41, 5.74) is 0. The van der Waals surface area contributed by atoms with Gasteiger partial charge < -0.3 is 9.64 Å². The predicted octanol–water partition coefficient (Wildman–Crippen LogP) is 4.08. The first-order valence-corrected chi connectivity index (χ1v) is 10.3. The lowest BCUT2D eigenvalue weighted by atomic mass is 9.88. The predicted molar refractivity (Wildman–Crippen MR) is 109 cm³/mol. The lowest BCUT2D eigenvalue weighted by molar-refractivity contribution is -0.136. The molecule has 27 heavy (non-hydrogen) atoms. The van der Waals surface area contributed by atoms with Gasteiger partial charge in [-0.05, 0) is 50.2 Å². The van der Waals surface area contributed by atoms with Gasteiger partial charge in [0.2, 0.25) is 0 Å². The summed E-state index contributed by atoms with van der Waals surface area (Å²) in [6, 6.07) is 15.0. The summed E-state index contributed by atoms with van der Waals surface area (Å²) >= 11 is 0. The minimum atomic E-state index is 0.0824. The van der Waals surface area contributed by atoms with Crippen LogP contribution in [0.4, 0.5) is 0 Å². The molecule has 1 heterocycles. The molecule has 1 aliphatic carbocycles. The molecule has 1 saturated carbocycles. The summed E-state index contributed by atoms with van der Waals surface area (Å²) in [7, 11) is 1.97. The van der Waals surface area contributed by atoms with Crippen molar-refractivity contribution >= 4 is 16.7 Å². The molecular weight excluding hydrogens is 336 g/mol. The van der Waals surface area contributed by atoms with Gasteiger partial charge in [0, 0.05) is 24.5 Å². The van der Waals surface area contributed by atoms with Crippen LogP contribution in [-0.2, 0) is 4.79 Å². The van der Waals surface area contributed by atoms with Crippen LogP contribution in [0.2, 0.25) is 0 Å². The quantitative estimate of drug-likeness (QED) is 0.799. The lowest BCUT2D eigenvalue weighted by Crippen LogP contribution is -2.53. The SMILES string of the molecule is CN(C(=O)COc1cccc2ccccc12)[C@H]1CCCC[C@@H]1N1CCCC1. The molecule has 2 aromatic rings. The molecule has 1 saturated heterocycles. The van der Waals surface area contributed by atoms with Crippen LogP contribution in [0.25, 0.3) is 10.8 Å². The van der Waals surface area contributed by atoms with E-state index in [0.717, 1.165) is 22.9 Å². The van der Waals surface area contributed by atoms with Crippen molar-refractivity contribution in [2.24, 2.45) is 0 Å². The number of carbonyl (C=O) groups is 1. The Hall–Kier alpha value is -2.07. The minimum absolute atomic E-state index is 0.0824. The van der Waals surface area contributed by atoms with Gasteiger partial charge in [0.05, 0.1) is 0 Å². The van der Waals surface area contributed by atoms with E-state index in [4.69, 9.17) is 4.74 Å². The molecule has 144 valence electrons. The van der Waals surface area contributed by atoms with E-state index in [-0.39, 0.29) is 12.5 Å². The van der Waals surface area contributed by atoms with Crippen molar-refractivity contribution in [2.45, 2.75) is 50.6 Å². The minimum Gasteiger partial charge on any atom is -0.483 e. The van der Waals surface area contributed by atoms with Crippen molar-refractivity contribution in [1.82, 2.24) is 9.80 Å². The molecule has 2 atom stereocenters. The maximum atomic E-state index is 12.9. The van der Waals surface area contributed by atoms with Crippen LogP contribution in [0, 0.1) is 0 Å². The van der Waals surface area contributed by atoms with E-state index in [1.807, 2.05) is 42.3 Å². The number of nitrogens with zero attached hydrogens (tertiary/aromatic N) is 2. The van der Waals surface area contributed by atoms with E-state index in [9.17, 15) is 4.79 Å². The Morgan fingerprint density at radius 2 is 1.78 bits per heavy atom. The normalized spacial score (nSPS) is 23.4. The molecular formula is C23H30N2O2. The summed E-state index contributed by atoms with van der Waals surface area (Å²) in [6.45, 7) is 2.49. The number of fused-ring (bicyclic) bond motifs is 1. The van der Waals surface area contributed by atoms with E-state index >= 15 is 0 Å². The number of likely N-dealkylation sites (N-methyl/N-ethyl adjacent to an activating group) is 1. The zero-order valence-electron chi connectivity index (χ0n) is 16.3. The number of likely N-dealkylation sites (tertiary alicyclic amines) is 1. The summed E-state index contributed by atoms with van der Waals surface area (Å²) in [5, 5.41) is 2.19. The van der Waals surface area contributed by atoms with Crippen LogP contribution in [0.1, 0.15) is 38.5 Å². The van der Waals surface area contributed by atoms with Crippen molar-refractivity contribution < 1.29 is 9.53 Å². The highest BCUT2D eigenvalue weighted by molar-refractivity contribution is 5.88. The Kier molecular flexibility index (Phi) is 5.63. The van der Waals surface area contributed by atoms with Gasteiger partial charge in [-0.15, -0.1) is 0 Å². The lowest BCUT2D eigenvalue weighted by Gasteiger charge is -2.42. The molecule has 0 unspecified atom stereocenters. The Balaban J connectivity index is 1.42. The zero-order chi connectivity index (χ0) is 18.6. The van der Waals surface area contributed by atoms with Gasteiger partial charge in [-0.1, -0.05) is 49.2 Å². The monoisotopic (exact) mass is 366 g/mol. The standard InChI is InChI=1S/C23H30N2O2/c1-24(20-12-4-5-13-21(20)25-15-6-7-16-25)23(26)17-27-22-14-8-10-18-9-2-3-11-19(18)22/h2-3,8-11,14,20-21H,4-7,12-13,15-17H2,1H3/t20-,21-/m0/s1. The average Bonchev–Trinajstić information content (AvgIpc) is 3.26. The average molecular weight is 367 g/mol. The molecule has 0 spiro atoms. The molecule has 2 aliphatic rings. The molecule has 0 radical (unpaired) electrons. The number of carbonyl (C=O) groups excluding carboxylic acids is 1. The summed E-state index contributed by atoms with van der Waals surface area (Å²) in [4.78, 5) is 17.5. The molecule has 0 bridgehead atoms. The number of hydrogen-bond acceptors (Lipinski definition) is 3. The molecule has 1 amide bonds. The van der Waals surface area contributed by atoms with Gasteiger partial charge in [0.15, 0.2) is 6.61 Å². The van der Waals surface area contributed by atoms with Crippen molar-refractivity contribution in [1.29, 1.82) is 0 Å². The fraction of sp³-hybridized carbons (Fsp3) is 0.522. The number of hydrogen-bond donors (Lipinski definition) is 0. The molecule has 2 fully saturated rings. The smallest absolute Gasteiger partial charge is 0.260 e. The highest BCUT2D eigenvalue weighted by atomic mass is 16.5. The van der Waals surface area contributed by atoms with Crippen LogP contribution >= 0.6 is 0 Å². The van der Waals surface area contributed by atoms with Gasteiger partial charge in [0.25, 0.3) is 5.91 Å². The molecule has 1 aliphatic heterocycles. The second-order valence-corrected chi connectivity index (χ2v) is 7.93. The largest absolute Gasteiger partial charge is 0.483 e.